The molecule has 0 amide bonds. The monoisotopic (exact) mass is 227 g/mol. The second-order valence-corrected chi connectivity index (χ2v) is 5.13. The fourth-order valence-electron chi connectivity index (χ4n) is 1.74. The summed E-state index contributed by atoms with van der Waals surface area (Å²) in [6.07, 6.45) is 2.67. The van der Waals surface area contributed by atoms with Gasteiger partial charge in [-0.2, -0.15) is 11.8 Å². The van der Waals surface area contributed by atoms with Crippen LogP contribution in [-0.4, -0.2) is 28.2 Å². The molecule has 1 aliphatic rings. The van der Waals surface area contributed by atoms with E-state index in [1.165, 1.54) is 24.3 Å². The molecule has 5 heteroatoms. The molecule has 2 heterocycles. The maximum Gasteiger partial charge on any atom is 0.230 e. The predicted molar refractivity (Wildman–Crippen MR) is 60.8 cm³/mol. The van der Waals surface area contributed by atoms with E-state index >= 15 is 0 Å². The highest BCUT2D eigenvalue weighted by Gasteiger charge is 2.13. The molecule has 15 heavy (non-hydrogen) atoms. The number of nitrogens with zero attached hydrogens (tertiary/aromatic N) is 2. The number of hydrogen-bond donors (Lipinski definition) is 1. The van der Waals surface area contributed by atoms with Gasteiger partial charge >= 0.3 is 0 Å². The Hall–Kier alpha value is -0.550. The summed E-state index contributed by atoms with van der Waals surface area (Å²) in [6, 6.07) is 0. The number of aromatic nitrogens is 2. The Labute approximate surface area is 94.2 Å². The minimum atomic E-state index is 0.640. The molecule has 0 radical (unpaired) electrons. The molecule has 0 spiro atoms. The van der Waals surface area contributed by atoms with Crippen LogP contribution in [0.5, 0.6) is 0 Å². The van der Waals surface area contributed by atoms with Gasteiger partial charge in [0, 0.05) is 6.92 Å². The first-order chi connectivity index (χ1) is 7.34. The topological polar surface area (TPSA) is 51.0 Å². The van der Waals surface area contributed by atoms with Crippen LogP contribution in [0.1, 0.15) is 24.6 Å². The SMILES string of the molecule is Cc1nnc(CNCC2CCSCC2)o1. The molecule has 1 fully saturated rings. The van der Waals surface area contributed by atoms with E-state index in [1.807, 2.05) is 6.92 Å². The van der Waals surface area contributed by atoms with Crippen molar-refractivity contribution in [2.24, 2.45) is 5.92 Å². The molecule has 2 rings (SSSR count). The van der Waals surface area contributed by atoms with Crippen LogP contribution in [0.3, 0.4) is 0 Å². The number of hydrogen-bond acceptors (Lipinski definition) is 5. The highest BCUT2D eigenvalue weighted by Crippen LogP contribution is 2.21. The van der Waals surface area contributed by atoms with Crippen molar-refractivity contribution in [2.75, 3.05) is 18.1 Å². The van der Waals surface area contributed by atoms with Crippen LogP contribution < -0.4 is 5.32 Å². The summed E-state index contributed by atoms with van der Waals surface area (Å²) in [5.41, 5.74) is 0. The van der Waals surface area contributed by atoms with E-state index in [-0.39, 0.29) is 0 Å². The van der Waals surface area contributed by atoms with Gasteiger partial charge in [0.15, 0.2) is 0 Å². The van der Waals surface area contributed by atoms with Gasteiger partial charge in [-0.25, -0.2) is 0 Å². The van der Waals surface area contributed by atoms with Crippen molar-refractivity contribution in [2.45, 2.75) is 26.3 Å². The maximum atomic E-state index is 5.28. The molecular weight excluding hydrogens is 210 g/mol. The van der Waals surface area contributed by atoms with E-state index in [0.717, 1.165) is 12.5 Å². The number of thioether (sulfide) groups is 1. The van der Waals surface area contributed by atoms with Crippen LogP contribution in [0.4, 0.5) is 0 Å². The second kappa shape index (κ2) is 5.51. The first kappa shape index (κ1) is 11.0. The lowest BCUT2D eigenvalue weighted by molar-refractivity contribution is 0.407. The molecule has 0 bridgehead atoms. The summed E-state index contributed by atoms with van der Waals surface area (Å²) < 4.78 is 5.28. The van der Waals surface area contributed by atoms with Crippen LogP contribution in [0.25, 0.3) is 0 Å². The van der Waals surface area contributed by atoms with E-state index in [1.54, 1.807) is 0 Å². The van der Waals surface area contributed by atoms with E-state index in [4.69, 9.17) is 4.42 Å². The Balaban J connectivity index is 1.65. The van der Waals surface area contributed by atoms with Gasteiger partial charge in [0.2, 0.25) is 11.8 Å². The van der Waals surface area contributed by atoms with Crippen LogP contribution in [0.2, 0.25) is 0 Å². The molecule has 0 atom stereocenters. The number of nitrogens with one attached hydrogen (secondary N) is 1. The standard InChI is InChI=1S/C10H17N3OS/c1-8-12-13-10(14-8)7-11-6-9-2-4-15-5-3-9/h9,11H,2-7H2,1H3. The zero-order chi connectivity index (χ0) is 10.5. The van der Waals surface area contributed by atoms with Crippen molar-refractivity contribution in [1.29, 1.82) is 0 Å². The molecule has 1 aromatic rings. The first-order valence-corrected chi connectivity index (χ1v) is 6.57. The highest BCUT2D eigenvalue weighted by molar-refractivity contribution is 7.99. The third-order valence-electron chi connectivity index (χ3n) is 2.62. The molecule has 1 saturated heterocycles. The number of rotatable bonds is 4. The Morgan fingerprint density at radius 3 is 2.87 bits per heavy atom. The quantitative estimate of drug-likeness (QED) is 0.847. The molecular formula is C10H17N3OS. The Bertz CT molecular complexity index is 297. The molecule has 1 N–H and O–H groups in total. The Morgan fingerprint density at radius 1 is 1.40 bits per heavy atom. The highest BCUT2D eigenvalue weighted by atomic mass is 32.2. The summed E-state index contributed by atoms with van der Waals surface area (Å²) in [4.78, 5) is 0. The molecule has 84 valence electrons. The van der Waals surface area contributed by atoms with Gasteiger partial charge in [-0.1, -0.05) is 0 Å². The minimum Gasteiger partial charge on any atom is -0.424 e. The van der Waals surface area contributed by atoms with Crippen molar-refractivity contribution in [3.05, 3.63) is 11.8 Å². The fourth-order valence-corrected chi connectivity index (χ4v) is 2.95. The summed E-state index contributed by atoms with van der Waals surface area (Å²) in [6.45, 7) is 3.58. The minimum absolute atomic E-state index is 0.640. The third-order valence-corrected chi connectivity index (χ3v) is 3.67. The fraction of sp³-hybridized carbons (Fsp3) is 0.800. The predicted octanol–water partition coefficient (Wildman–Crippen LogP) is 1.61. The molecule has 0 aliphatic carbocycles. The van der Waals surface area contributed by atoms with E-state index in [0.29, 0.717) is 18.3 Å². The molecule has 4 nitrogen and oxygen atoms in total. The summed E-state index contributed by atoms with van der Waals surface area (Å²) >= 11 is 2.06. The van der Waals surface area contributed by atoms with Crippen molar-refractivity contribution in [3.63, 3.8) is 0 Å². The van der Waals surface area contributed by atoms with Crippen LogP contribution in [0.15, 0.2) is 4.42 Å². The van der Waals surface area contributed by atoms with Gasteiger partial charge in [-0.3, -0.25) is 0 Å². The average Bonchev–Trinajstić information content (AvgIpc) is 2.66. The summed E-state index contributed by atoms with van der Waals surface area (Å²) in [5, 5.41) is 11.1. The normalized spacial score (nSPS) is 18.2. The van der Waals surface area contributed by atoms with Gasteiger partial charge in [-0.15, -0.1) is 10.2 Å². The second-order valence-electron chi connectivity index (χ2n) is 3.90. The Morgan fingerprint density at radius 2 is 2.20 bits per heavy atom. The van der Waals surface area contributed by atoms with Gasteiger partial charge in [0.1, 0.15) is 0 Å². The molecule has 0 saturated carbocycles. The van der Waals surface area contributed by atoms with Gasteiger partial charge < -0.3 is 9.73 Å². The van der Waals surface area contributed by atoms with E-state index < -0.39 is 0 Å². The van der Waals surface area contributed by atoms with Crippen molar-refractivity contribution in [3.8, 4) is 0 Å². The third kappa shape index (κ3) is 3.50. The van der Waals surface area contributed by atoms with Crippen LogP contribution in [0, 0.1) is 12.8 Å². The van der Waals surface area contributed by atoms with Gasteiger partial charge in [0.05, 0.1) is 6.54 Å². The maximum absolute atomic E-state index is 5.28. The number of aryl methyl sites for hydroxylation is 1. The van der Waals surface area contributed by atoms with Crippen LogP contribution in [-0.2, 0) is 6.54 Å². The van der Waals surface area contributed by atoms with Gasteiger partial charge in [-0.05, 0) is 36.8 Å². The smallest absolute Gasteiger partial charge is 0.230 e. The van der Waals surface area contributed by atoms with Gasteiger partial charge in [0.25, 0.3) is 0 Å². The zero-order valence-electron chi connectivity index (χ0n) is 9.03. The lowest BCUT2D eigenvalue weighted by atomic mass is 10.0. The molecule has 0 aromatic carbocycles. The molecule has 0 unspecified atom stereocenters. The zero-order valence-corrected chi connectivity index (χ0v) is 9.85. The van der Waals surface area contributed by atoms with E-state index in [9.17, 15) is 0 Å². The average molecular weight is 227 g/mol. The van der Waals surface area contributed by atoms with Crippen molar-refractivity contribution >= 4 is 11.8 Å². The Kier molecular flexibility index (Phi) is 4.02. The van der Waals surface area contributed by atoms with E-state index in [2.05, 4.69) is 27.3 Å². The van der Waals surface area contributed by atoms with Crippen molar-refractivity contribution in [1.82, 2.24) is 15.5 Å². The molecule has 1 aromatic heterocycles. The lowest BCUT2D eigenvalue weighted by Gasteiger charge is -2.21. The summed E-state index contributed by atoms with van der Waals surface area (Å²) in [7, 11) is 0. The molecule has 1 aliphatic heterocycles. The van der Waals surface area contributed by atoms with Crippen molar-refractivity contribution < 1.29 is 4.42 Å². The first-order valence-electron chi connectivity index (χ1n) is 5.42. The largest absolute Gasteiger partial charge is 0.424 e. The van der Waals surface area contributed by atoms with Crippen LogP contribution >= 0.6 is 11.8 Å². The lowest BCUT2D eigenvalue weighted by Crippen LogP contribution is -2.25. The summed E-state index contributed by atoms with van der Waals surface area (Å²) in [5.74, 6) is 4.78.